The summed E-state index contributed by atoms with van der Waals surface area (Å²) < 4.78 is 0. The number of amidine groups is 1. The molecule has 2 rings (SSSR count). The van der Waals surface area contributed by atoms with E-state index in [-0.39, 0.29) is 17.4 Å². The molecule has 2 aromatic rings. The van der Waals surface area contributed by atoms with Crippen LogP contribution in [-0.2, 0) is 4.79 Å². The van der Waals surface area contributed by atoms with Crippen LogP contribution in [0.5, 0.6) is 0 Å². The maximum Gasteiger partial charge on any atom is 0.204 e. The molecular weight excluding hydrogens is 338 g/mol. The lowest BCUT2D eigenvalue weighted by Gasteiger charge is -2.20. The molecule has 138 valence electrons. The zero-order valence-electron chi connectivity index (χ0n) is 16.0. The zero-order chi connectivity index (χ0) is 20.0. The summed E-state index contributed by atoms with van der Waals surface area (Å²) in [5.74, 6) is 2.59. The predicted molar refractivity (Wildman–Crippen MR) is 109 cm³/mol. The van der Waals surface area contributed by atoms with Gasteiger partial charge in [0.05, 0.1) is 11.4 Å². The van der Waals surface area contributed by atoms with E-state index in [1.54, 1.807) is 48.5 Å². The van der Waals surface area contributed by atoms with Crippen molar-refractivity contribution in [2.24, 2.45) is 10.4 Å². The summed E-state index contributed by atoms with van der Waals surface area (Å²) in [4.78, 5) is 28.5. The van der Waals surface area contributed by atoms with Crippen LogP contribution in [0.25, 0.3) is 0 Å². The van der Waals surface area contributed by atoms with Crippen LogP contribution >= 0.6 is 0 Å². The van der Waals surface area contributed by atoms with Crippen molar-refractivity contribution in [3.63, 3.8) is 0 Å². The maximum atomic E-state index is 12.7. The number of aliphatic imine (C=N–C) groups is 1. The minimum Gasteiger partial charge on any atom is -0.300 e. The van der Waals surface area contributed by atoms with Crippen LogP contribution in [-0.4, -0.2) is 17.4 Å². The first kappa shape index (κ1) is 19.9. The monoisotopic (exact) mass is 361 g/mol. The Morgan fingerprint density at radius 2 is 1.59 bits per heavy atom. The summed E-state index contributed by atoms with van der Waals surface area (Å²) in [5, 5.41) is 0. The lowest BCUT2D eigenvalue weighted by atomic mass is 9.90. The van der Waals surface area contributed by atoms with Gasteiger partial charge in [-0.2, -0.15) is 0 Å². The van der Waals surface area contributed by atoms with Crippen molar-refractivity contribution < 1.29 is 9.59 Å². The number of anilines is 1. The highest BCUT2D eigenvalue weighted by Crippen LogP contribution is 2.19. The van der Waals surface area contributed by atoms with E-state index in [9.17, 15) is 9.59 Å². The van der Waals surface area contributed by atoms with Crippen LogP contribution < -0.4 is 10.9 Å². The summed E-state index contributed by atoms with van der Waals surface area (Å²) in [6.45, 7) is 7.00. The molecule has 0 aliphatic heterocycles. The lowest BCUT2D eigenvalue weighted by Crippen LogP contribution is -2.41. The van der Waals surface area contributed by atoms with E-state index in [0.29, 0.717) is 16.9 Å². The van der Waals surface area contributed by atoms with E-state index in [1.165, 1.54) is 6.92 Å². The molecule has 0 aliphatic carbocycles. The van der Waals surface area contributed by atoms with Crippen molar-refractivity contribution in [3.8, 4) is 12.3 Å². The van der Waals surface area contributed by atoms with Crippen LogP contribution in [0.3, 0.4) is 0 Å². The molecule has 0 aliphatic rings. The van der Waals surface area contributed by atoms with E-state index in [1.807, 2.05) is 20.8 Å². The topological polar surface area (TPSA) is 70.6 Å². The molecular formula is C22H23N3O2. The minimum atomic E-state index is -0.606. The highest BCUT2D eigenvalue weighted by molar-refractivity contribution is 6.41. The molecule has 27 heavy (non-hydrogen) atoms. The van der Waals surface area contributed by atoms with E-state index >= 15 is 0 Å². The normalized spacial score (nSPS) is 11.4. The van der Waals surface area contributed by atoms with Gasteiger partial charge in [-0.25, -0.2) is 4.99 Å². The minimum absolute atomic E-state index is 0.00455. The van der Waals surface area contributed by atoms with Gasteiger partial charge in [0.15, 0.2) is 11.6 Å². The smallest absolute Gasteiger partial charge is 0.204 e. The summed E-state index contributed by atoms with van der Waals surface area (Å²) in [6, 6.07) is 14.0. The van der Waals surface area contributed by atoms with Gasteiger partial charge in [-0.1, -0.05) is 26.7 Å². The Morgan fingerprint density at radius 3 is 2.07 bits per heavy atom. The van der Waals surface area contributed by atoms with Gasteiger partial charge in [-0.15, -0.1) is 6.42 Å². The molecule has 0 atom stereocenters. The van der Waals surface area contributed by atoms with Crippen LogP contribution in [0.15, 0.2) is 53.5 Å². The number of terminal acetylenes is 1. The molecule has 0 aromatic heterocycles. The Labute approximate surface area is 159 Å². The number of carbonyl (C=O) groups is 2. The second kappa shape index (κ2) is 8.33. The third kappa shape index (κ3) is 5.55. The molecule has 0 radical (unpaired) electrons. The van der Waals surface area contributed by atoms with Crippen molar-refractivity contribution in [3.05, 3.63) is 59.7 Å². The Hall–Kier alpha value is -3.39. The average Bonchev–Trinajstić information content (AvgIpc) is 2.64. The van der Waals surface area contributed by atoms with Crippen molar-refractivity contribution >= 4 is 28.8 Å². The Balaban J connectivity index is 2.24. The number of nitrogens with zero attached hydrogens (tertiary/aromatic N) is 1. The quantitative estimate of drug-likeness (QED) is 0.276. The summed E-state index contributed by atoms with van der Waals surface area (Å²) in [7, 11) is 0. The molecule has 0 saturated carbocycles. The lowest BCUT2D eigenvalue weighted by molar-refractivity contribution is -0.119. The maximum absolute atomic E-state index is 12.7. The molecule has 0 fully saturated rings. The van der Waals surface area contributed by atoms with Gasteiger partial charge in [0, 0.05) is 16.5 Å². The van der Waals surface area contributed by atoms with Crippen molar-refractivity contribution in [2.75, 3.05) is 5.43 Å². The molecule has 2 N–H and O–H groups in total. The summed E-state index contributed by atoms with van der Waals surface area (Å²) >= 11 is 0. The molecule has 0 bridgehead atoms. The number of Topliss-reactive ketones (excluding diaryl/α,β-unsaturated/α-hetero) is 2. The molecule has 5 heteroatoms. The molecule has 0 saturated heterocycles. The molecule has 0 heterocycles. The Bertz CT molecular complexity index is 897. The third-order valence-electron chi connectivity index (χ3n) is 3.79. The third-order valence-corrected chi connectivity index (χ3v) is 3.79. The highest BCUT2D eigenvalue weighted by atomic mass is 16.1. The van der Waals surface area contributed by atoms with Gasteiger partial charge in [-0.05, 0) is 55.5 Å². The average molecular weight is 361 g/mol. The van der Waals surface area contributed by atoms with Gasteiger partial charge < -0.3 is 0 Å². The number of hydrazine groups is 1. The first-order valence-electron chi connectivity index (χ1n) is 8.54. The van der Waals surface area contributed by atoms with Gasteiger partial charge >= 0.3 is 0 Å². The van der Waals surface area contributed by atoms with Crippen molar-refractivity contribution in [2.45, 2.75) is 27.7 Å². The van der Waals surface area contributed by atoms with E-state index < -0.39 is 5.41 Å². The summed E-state index contributed by atoms with van der Waals surface area (Å²) in [5.41, 5.74) is 7.93. The van der Waals surface area contributed by atoms with Gasteiger partial charge in [0.2, 0.25) is 5.78 Å². The predicted octanol–water partition coefficient (Wildman–Crippen LogP) is 4.13. The molecule has 0 unspecified atom stereocenters. The van der Waals surface area contributed by atoms with Crippen LogP contribution in [0.4, 0.5) is 11.4 Å². The van der Waals surface area contributed by atoms with Gasteiger partial charge in [-0.3, -0.25) is 20.4 Å². The van der Waals surface area contributed by atoms with E-state index in [4.69, 9.17) is 6.42 Å². The fraction of sp³-hybridized carbons (Fsp3) is 0.227. The second-order valence-electron chi connectivity index (χ2n) is 7.11. The molecule has 5 nitrogen and oxygen atoms in total. The first-order valence-corrected chi connectivity index (χ1v) is 8.54. The van der Waals surface area contributed by atoms with Crippen LogP contribution in [0.2, 0.25) is 0 Å². The number of nitrogens with one attached hydrogen (secondary N) is 2. The number of benzene rings is 2. The number of carbonyl (C=O) groups excluding carboxylic acids is 2. The molecule has 0 amide bonds. The standard InChI is InChI=1S/C22H23N3O2/c1-6-16-7-11-18(12-8-16)23-21(20(27)22(3,4)5)25-24-19-13-9-17(10-14-19)15(2)26/h1,7-14,24H,2-5H3,(H,23,25). The number of ketones is 2. The highest BCUT2D eigenvalue weighted by Gasteiger charge is 2.26. The van der Waals surface area contributed by atoms with Gasteiger partial charge in [0.1, 0.15) is 0 Å². The van der Waals surface area contributed by atoms with Crippen LogP contribution in [0, 0.1) is 17.8 Å². The SMILES string of the molecule is C#Cc1ccc(N=C(NNc2ccc(C(C)=O)cc2)C(=O)C(C)(C)C)cc1. The molecule has 0 spiro atoms. The van der Waals surface area contributed by atoms with Crippen molar-refractivity contribution in [1.29, 1.82) is 0 Å². The van der Waals surface area contributed by atoms with Crippen LogP contribution in [0.1, 0.15) is 43.6 Å². The Kier molecular flexibility index (Phi) is 6.15. The fourth-order valence-corrected chi connectivity index (χ4v) is 2.17. The largest absolute Gasteiger partial charge is 0.300 e. The zero-order valence-corrected chi connectivity index (χ0v) is 16.0. The van der Waals surface area contributed by atoms with E-state index in [0.717, 1.165) is 5.56 Å². The number of hydrogen-bond acceptors (Lipinski definition) is 4. The number of hydrogen-bond donors (Lipinski definition) is 2. The fourth-order valence-electron chi connectivity index (χ4n) is 2.17. The van der Waals surface area contributed by atoms with Gasteiger partial charge in [0.25, 0.3) is 0 Å². The Morgan fingerprint density at radius 1 is 1.00 bits per heavy atom. The number of rotatable bonds is 5. The van der Waals surface area contributed by atoms with Crippen molar-refractivity contribution in [1.82, 2.24) is 5.43 Å². The molecule has 2 aromatic carbocycles. The summed E-state index contributed by atoms with van der Waals surface area (Å²) in [6.07, 6.45) is 5.36. The second-order valence-corrected chi connectivity index (χ2v) is 7.11. The first-order chi connectivity index (χ1) is 12.7. The van der Waals surface area contributed by atoms with E-state index in [2.05, 4.69) is 21.8 Å².